The molecule has 2 heteroatoms. The van der Waals surface area contributed by atoms with E-state index in [1.807, 2.05) is 6.92 Å². The van der Waals surface area contributed by atoms with Crippen LogP contribution in [-0.4, -0.2) is 22.4 Å². The van der Waals surface area contributed by atoms with Gasteiger partial charge in [0.25, 0.3) is 0 Å². The predicted octanol–water partition coefficient (Wildman–Crippen LogP) is 0.592. The van der Waals surface area contributed by atoms with Gasteiger partial charge in [-0.25, -0.2) is 0 Å². The summed E-state index contributed by atoms with van der Waals surface area (Å²) in [4.78, 5) is 0. The monoisotopic (exact) mass is 155 g/mol. The lowest BCUT2D eigenvalue weighted by atomic mass is 9.94. The summed E-state index contributed by atoms with van der Waals surface area (Å²) < 4.78 is 0. The zero-order valence-corrected chi connectivity index (χ0v) is 7.04. The van der Waals surface area contributed by atoms with Gasteiger partial charge in [0.05, 0.1) is 6.10 Å². The molecule has 1 radical (unpaired) electrons. The number of aliphatic hydroxyl groups excluding tert-OH is 2. The fraction of sp³-hybridized carbons (Fsp3) is 0.667. The zero-order chi connectivity index (χ0) is 8.85. The Balaban J connectivity index is 4.09. The van der Waals surface area contributed by atoms with Gasteiger partial charge in [0, 0.05) is 12.8 Å². The predicted molar refractivity (Wildman–Crippen MR) is 44.6 cm³/mol. The van der Waals surface area contributed by atoms with E-state index in [0.717, 1.165) is 0 Å². The van der Waals surface area contributed by atoms with Crippen LogP contribution < -0.4 is 0 Å². The number of hydrogen-bond acceptors (Lipinski definition) is 2. The maximum Gasteiger partial charge on any atom is 0.120 e. The van der Waals surface area contributed by atoms with Crippen molar-refractivity contribution in [2.45, 2.75) is 32.5 Å². The van der Waals surface area contributed by atoms with E-state index in [4.69, 9.17) is 5.11 Å². The fourth-order valence-electron chi connectivity index (χ4n) is 1.04. The molecule has 0 bridgehead atoms. The van der Waals surface area contributed by atoms with Gasteiger partial charge in [-0.2, -0.15) is 0 Å². The Morgan fingerprint density at radius 2 is 2.00 bits per heavy atom. The van der Waals surface area contributed by atoms with Crippen LogP contribution in [0.15, 0.2) is 0 Å². The first-order valence-corrected chi connectivity index (χ1v) is 3.77. The highest BCUT2D eigenvalue weighted by molar-refractivity contribution is 5.08. The SMILES string of the molecule is [CH2]C#CC(O)C(CC)C(C)O. The molecule has 0 aliphatic carbocycles. The van der Waals surface area contributed by atoms with Crippen LogP contribution in [0, 0.1) is 24.7 Å². The van der Waals surface area contributed by atoms with Crippen molar-refractivity contribution >= 4 is 0 Å². The molecule has 0 aromatic carbocycles. The average Bonchev–Trinajstić information content (AvgIpc) is 1.88. The first kappa shape index (κ1) is 10.5. The second-order valence-corrected chi connectivity index (χ2v) is 2.58. The van der Waals surface area contributed by atoms with Crippen LogP contribution in [-0.2, 0) is 0 Å². The highest BCUT2D eigenvalue weighted by atomic mass is 16.3. The molecule has 0 aromatic rings. The van der Waals surface area contributed by atoms with Crippen LogP contribution >= 0.6 is 0 Å². The third kappa shape index (κ3) is 3.41. The summed E-state index contributed by atoms with van der Waals surface area (Å²) in [5.74, 6) is 4.73. The van der Waals surface area contributed by atoms with E-state index in [1.165, 1.54) is 0 Å². The topological polar surface area (TPSA) is 40.5 Å². The quantitative estimate of drug-likeness (QED) is 0.586. The van der Waals surface area contributed by atoms with Gasteiger partial charge in [0.1, 0.15) is 6.10 Å². The summed E-state index contributed by atoms with van der Waals surface area (Å²) in [5.41, 5.74) is 0. The second-order valence-electron chi connectivity index (χ2n) is 2.58. The number of hydrogen-bond donors (Lipinski definition) is 2. The summed E-state index contributed by atoms with van der Waals surface area (Å²) in [6.07, 6.45) is -0.554. The molecule has 3 unspecified atom stereocenters. The molecule has 2 nitrogen and oxygen atoms in total. The molecule has 0 spiro atoms. The minimum atomic E-state index is -0.752. The standard InChI is InChI=1S/C9H15O2/c1-4-6-9(11)8(5-2)7(3)10/h7-11H,1,5H2,2-3H3. The highest BCUT2D eigenvalue weighted by Crippen LogP contribution is 2.12. The minimum Gasteiger partial charge on any atom is -0.393 e. The molecule has 0 aromatic heterocycles. The summed E-state index contributed by atoms with van der Waals surface area (Å²) in [7, 11) is 0. The fourth-order valence-corrected chi connectivity index (χ4v) is 1.04. The Bertz CT molecular complexity index is 153. The van der Waals surface area contributed by atoms with Crippen LogP contribution in [0.2, 0.25) is 0 Å². The van der Waals surface area contributed by atoms with E-state index in [2.05, 4.69) is 18.8 Å². The Labute approximate surface area is 68.2 Å². The molecule has 0 amide bonds. The van der Waals surface area contributed by atoms with E-state index >= 15 is 0 Å². The van der Waals surface area contributed by atoms with Crippen LogP contribution in [0.4, 0.5) is 0 Å². The maximum absolute atomic E-state index is 9.31. The lowest BCUT2D eigenvalue weighted by molar-refractivity contribution is 0.0486. The summed E-state index contributed by atoms with van der Waals surface area (Å²) in [6.45, 7) is 6.86. The third-order valence-electron chi connectivity index (χ3n) is 1.75. The van der Waals surface area contributed by atoms with Crippen molar-refractivity contribution in [3.63, 3.8) is 0 Å². The molecular formula is C9H15O2. The highest BCUT2D eigenvalue weighted by Gasteiger charge is 2.19. The van der Waals surface area contributed by atoms with Gasteiger partial charge >= 0.3 is 0 Å². The Morgan fingerprint density at radius 1 is 1.45 bits per heavy atom. The molecule has 11 heavy (non-hydrogen) atoms. The van der Waals surface area contributed by atoms with Crippen LogP contribution in [0.5, 0.6) is 0 Å². The molecule has 0 rings (SSSR count). The molecule has 0 aliphatic heterocycles. The lowest BCUT2D eigenvalue weighted by Crippen LogP contribution is -2.28. The molecule has 0 fully saturated rings. The molecule has 0 aliphatic rings. The number of aliphatic hydroxyl groups is 2. The van der Waals surface area contributed by atoms with Crippen molar-refractivity contribution in [2.75, 3.05) is 0 Å². The van der Waals surface area contributed by atoms with Gasteiger partial charge in [-0.3, -0.25) is 0 Å². The second kappa shape index (κ2) is 5.17. The van der Waals surface area contributed by atoms with Crippen molar-refractivity contribution in [3.05, 3.63) is 6.92 Å². The maximum atomic E-state index is 9.31. The van der Waals surface area contributed by atoms with Crippen molar-refractivity contribution < 1.29 is 10.2 Å². The average molecular weight is 155 g/mol. The van der Waals surface area contributed by atoms with E-state index in [0.29, 0.717) is 6.42 Å². The molecule has 0 saturated heterocycles. The summed E-state index contributed by atoms with van der Waals surface area (Å²) >= 11 is 0. The molecule has 0 saturated carbocycles. The molecule has 63 valence electrons. The molecule has 2 N–H and O–H groups in total. The van der Waals surface area contributed by atoms with Gasteiger partial charge in [0.15, 0.2) is 0 Å². The summed E-state index contributed by atoms with van der Waals surface area (Å²) in [6, 6.07) is 0. The van der Waals surface area contributed by atoms with Crippen molar-refractivity contribution in [1.82, 2.24) is 0 Å². The van der Waals surface area contributed by atoms with E-state index in [-0.39, 0.29) is 5.92 Å². The first-order valence-electron chi connectivity index (χ1n) is 3.77. The van der Waals surface area contributed by atoms with Gasteiger partial charge in [-0.05, 0) is 13.3 Å². The van der Waals surface area contributed by atoms with Crippen molar-refractivity contribution in [1.29, 1.82) is 0 Å². The third-order valence-corrected chi connectivity index (χ3v) is 1.75. The zero-order valence-electron chi connectivity index (χ0n) is 7.04. The van der Waals surface area contributed by atoms with E-state index in [1.54, 1.807) is 6.92 Å². The van der Waals surface area contributed by atoms with E-state index in [9.17, 15) is 5.11 Å². The van der Waals surface area contributed by atoms with Gasteiger partial charge in [-0.1, -0.05) is 18.8 Å². The molecule has 0 heterocycles. The number of rotatable bonds is 3. The normalized spacial score (nSPS) is 17.9. The van der Waals surface area contributed by atoms with Crippen molar-refractivity contribution in [2.24, 2.45) is 5.92 Å². The largest absolute Gasteiger partial charge is 0.393 e. The van der Waals surface area contributed by atoms with Crippen molar-refractivity contribution in [3.8, 4) is 11.8 Å². The first-order chi connectivity index (χ1) is 5.13. The Morgan fingerprint density at radius 3 is 2.27 bits per heavy atom. The smallest absolute Gasteiger partial charge is 0.120 e. The molecular weight excluding hydrogens is 140 g/mol. The molecule has 3 atom stereocenters. The Kier molecular flexibility index (Phi) is 4.93. The summed E-state index contributed by atoms with van der Waals surface area (Å²) in [5, 5.41) is 18.5. The minimum absolute atomic E-state index is 0.163. The Hall–Kier alpha value is -0.520. The van der Waals surface area contributed by atoms with Gasteiger partial charge in [-0.15, -0.1) is 0 Å². The van der Waals surface area contributed by atoms with Crippen LogP contribution in [0.25, 0.3) is 0 Å². The van der Waals surface area contributed by atoms with Crippen LogP contribution in [0.1, 0.15) is 20.3 Å². The van der Waals surface area contributed by atoms with E-state index < -0.39 is 12.2 Å². The van der Waals surface area contributed by atoms with Gasteiger partial charge in [0.2, 0.25) is 0 Å². The van der Waals surface area contributed by atoms with Gasteiger partial charge < -0.3 is 10.2 Å². The van der Waals surface area contributed by atoms with Crippen LogP contribution in [0.3, 0.4) is 0 Å². The lowest BCUT2D eigenvalue weighted by Gasteiger charge is -2.19.